The number of hydrogen-bond acceptors (Lipinski definition) is 8. The second kappa shape index (κ2) is 10.3. The van der Waals surface area contributed by atoms with Crippen LogP contribution in [0.4, 0.5) is 16.0 Å². The Morgan fingerprint density at radius 3 is 2.66 bits per heavy atom. The molecule has 1 saturated heterocycles. The highest BCUT2D eigenvalue weighted by Crippen LogP contribution is 2.37. The first-order valence-electron chi connectivity index (χ1n) is 11.5. The van der Waals surface area contributed by atoms with Crippen LogP contribution in [0.15, 0.2) is 42.5 Å². The molecule has 0 saturated carbocycles. The number of anilines is 2. The summed E-state index contributed by atoms with van der Waals surface area (Å²) >= 11 is 0. The smallest absolute Gasteiger partial charge is 0.156 e. The maximum absolute atomic E-state index is 13.7. The van der Waals surface area contributed by atoms with Gasteiger partial charge in [-0.25, -0.2) is 14.4 Å². The summed E-state index contributed by atoms with van der Waals surface area (Å²) in [5.74, 6) is 1.66. The van der Waals surface area contributed by atoms with Gasteiger partial charge in [-0.2, -0.15) is 5.10 Å². The fourth-order valence-electron chi connectivity index (χ4n) is 4.11. The first-order chi connectivity index (χ1) is 17.1. The monoisotopic (exact) mass is 478 g/mol. The molecule has 0 bridgehead atoms. The molecule has 1 fully saturated rings. The fourth-order valence-corrected chi connectivity index (χ4v) is 4.11. The Balaban J connectivity index is 1.55. The van der Waals surface area contributed by atoms with Crippen molar-refractivity contribution in [2.45, 2.75) is 13.5 Å². The third-order valence-electron chi connectivity index (χ3n) is 5.85. The number of aryl methyl sites for hydroxylation is 1. The van der Waals surface area contributed by atoms with Crippen LogP contribution in [0, 0.1) is 12.7 Å². The second-order valence-corrected chi connectivity index (χ2v) is 8.38. The molecule has 5 rings (SSSR count). The van der Waals surface area contributed by atoms with Crippen molar-refractivity contribution in [1.82, 2.24) is 25.1 Å². The maximum Gasteiger partial charge on any atom is 0.156 e. The van der Waals surface area contributed by atoms with Crippen LogP contribution in [-0.4, -0.2) is 69.6 Å². The summed E-state index contributed by atoms with van der Waals surface area (Å²) < 4.78 is 25.2. The van der Waals surface area contributed by atoms with Gasteiger partial charge in [0.2, 0.25) is 0 Å². The van der Waals surface area contributed by atoms with Crippen LogP contribution in [-0.2, 0) is 11.3 Å². The molecule has 1 aliphatic heterocycles. The summed E-state index contributed by atoms with van der Waals surface area (Å²) in [6.07, 6.45) is 0. The van der Waals surface area contributed by atoms with Crippen molar-refractivity contribution in [3.8, 4) is 16.9 Å². The van der Waals surface area contributed by atoms with Crippen molar-refractivity contribution in [2.24, 2.45) is 0 Å². The molecule has 35 heavy (non-hydrogen) atoms. The molecule has 2 aromatic carbocycles. The summed E-state index contributed by atoms with van der Waals surface area (Å²) in [6, 6.07) is 11.9. The van der Waals surface area contributed by atoms with Gasteiger partial charge in [0.15, 0.2) is 11.6 Å². The van der Waals surface area contributed by atoms with Gasteiger partial charge >= 0.3 is 0 Å². The molecule has 0 spiro atoms. The molecule has 3 heterocycles. The number of benzene rings is 2. The Kier molecular flexibility index (Phi) is 6.84. The van der Waals surface area contributed by atoms with Gasteiger partial charge < -0.3 is 19.9 Å². The van der Waals surface area contributed by atoms with Crippen molar-refractivity contribution in [3.63, 3.8) is 0 Å². The normalized spacial score (nSPS) is 14.4. The van der Waals surface area contributed by atoms with E-state index in [1.54, 1.807) is 12.1 Å². The van der Waals surface area contributed by atoms with Gasteiger partial charge in [-0.3, -0.25) is 10.00 Å². The van der Waals surface area contributed by atoms with E-state index in [-0.39, 0.29) is 18.2 Å². The molecule has 0 unspecified atom stereocenters. The van der Waals surface area contributed by atoms with E-state index < -0.39 is 0 Å². The minimum absolute atomic E-state index is 0.266. The highest BCUT2D eigenvalue weighted by molar-refractivity contribution is 6.03. The lowest BCUT2D eigenvalue weighted by atomic mass is 10.00. The van der Waals surface area contributed by atoms with Gasteiger partial charge in [0.1, 0.15) is 30.6 Å². The molecule has 182 valence electrons. The van der Waals surface area contributed by atoms with Crippen LogP contribution in [0.1, 0.15) is 11.5 Å². The topological polar surface area (TPSA) is 108 Å². The van der Waals surface area contributed by atoms with E-state index in [0.717, 1.165) is 55.1 Å². The molecule has 0 atom stereocenters. The van der Waals surface area contributed by atoms with Gasteiger partial charge in [-0.15, -0.1) is 0 Å². The minimum Gasteiger partial charge on any atom is -0.492 e. The van der Waals surface area contributed by atoms with Crippen LogP contribution in [0.25, 0.3) is 22.0 Å². The third-order valence-corrected chi connectivity index (χ3v) is 5.85. The van der Waals surface area contributed by atoms with E-state index in [2.05, 4.69) is 30.4 Å². The summed E-state index contributed by atoms with van der Waals surface area (Å²) in [5, 5.41) is 20.9. The Morgan fingerprint density at radius 1 is 1.14 bits per heavy atom. The minimum atomic E-state index is -0.321. The number of aliphatic hydroxyl groups excluding tert-OH is 1. The Labute approximate surface area is 201 Å². The van der Waals surface area contributed by atoms with E-state index in [9.17, 15) is 9.50 Å². The van der Waals surface area contributed by atoms with E-state index >= 15 is 0 Å². The number of H-pyrrole nitrogens is 1. The van der Waals surface area contributed by atoms with Crippen molar-refractivity contribution in [1.29, 1.82) is 0 Å². The number of nitrogens with one attached hydrogen (secondary N) is 2. The fraction of sp³-hybridized carbons (Fsp3) is 0.320. The lowest BCUT2D eigenvalue weighted by molar-refractivity contribution is 0.0322. The summed E-state index contributed by atoms with van der Waals surface area (Å²) in [4.78, 5) is 11.4. The molecule has 0 amide bonds. The molecule has 10 heteroatoms. The Hall–Kier alpha value is -3.60. The van der Waals surface area contributed by atoms with E-state index in [4.69, 9.17) is 9.47 Å². The zero-order chi connectivity index (χ0) is 24.2. The average Bonchev–Trinajstić information content (AvgIpc) is 3.28. The van der Waals surface area contributed by atoms with Gasteiger partial charge in [-0.05, 0) is 36.2 Å². The lowest BCUT2D eigenvalue weighted by Gasteiger charge is -2.26. The van der Waals surface area contributed by atoms with Crippen molar-refractivity contribution in [2.75, 3.05) is 44.8 Å². The molecule has 0 radical (unpaired) electrons. The van der Waals surface area contributed by atoms with Gasteiger partial charge in [0.05, 0.1) is 24.1 Å². The molecule has 1 aliphatic rings. The quantitative estimate of drug-likeness (QED) is 0.354. The number of ether oxygens (including phenoxy) is 2. The predicted molar refractivity (Wildman–Crippen MR) is 130 cm³/mol. The molecule has 3 N–H and O–H groups in total. The van der Waals surface area contributed by atoms with E-state index in [1.165, 1.54) is 12.1 Å². The number of aromatic amines is 1. The van der Waals surface area contributed by atoms with Crippen LogP contribution in [0.3, 0.4) is 0 Å². The zero-order valence-corrected chi connectivity index (χ0v) is 19.4. The van der Waals surface area contributed by atoms with Crippen LogP contribution in [0.2, 0.25) is 0 Å². The number of rotatable bonds is 8. The van der Waals surface area contributed by atoms with Crippen LogP contribution in [0.5, 0.6) is 5.75 Å². The maximum atomic E-state index is 13.7. The molecule has 4 aromatic rings. The second-order valence-electron chi connectivity index (χ2n) is 8.38. The number of aromatic nitrogens is 4. The first kappa shape index (κ1) is 23.2. The summed E-state index contributed by atoms with van der Waals surface area (Å²) in [7, 11) is 0. The predicted octanol–water partition coefficient (Wildman–Crippen LogP) is 3.41. The van der Waals surface area contributed by atoms with E-state index in [0.29, 0.717) is 29.5 Å². The lowest BCUT2D eigenvalue weighted by Crippen LogP contribution is -2.38. The van der Waals surface area contributed by atoms with Gasteiger partial charge in [0, 0.05) is 37.5 Å². The SMILES string of the molecule is Cc1cc(Nc2nc(CO)nc3cc(OCCN4CCOCC4)cc(-c4ccc(F)cc4)c23)n[nH]1. The van der Waals surface area contributed by atoms with Gasteiger partial charge in [0.25, 0.3) is 0 Å². The summed E-state index contributed by atoms with van der Waals surface area (Å²) in [6.45, 7) is 6.10. The summed E-state index contributed by atoms with van der Waals surface area (Å²) in [5.41, 5.74) is 3.06. The molecular weight excluding hydrogens is 451 g/mol. The van der Waals surface area contributed by atoms with Gasteiger partial charge in [-0.1, -0.05) is 12.1 Å². The molecule has 9 nitrogen and oxygen atoms in total. The number of nitrogens with zero attached hydrogens (tertiary/aromatic N) is 4. The standard InChI is InChI=1S/C25H27FN6O3/c1-16-12-22(31-30-16)28-25-24-20(17-2-4-18(26)5-3-17)13-19(14-21(24)27-23(15-33)29-25)35-11-8-32-6-9-34-10-7-32/h2-5,12-14,33H,6-11,15H2,1H3,(H2,27,28,29,30,31). The number of aliphatic hydroxyl groups is 1. The largest absolute Gasteiger partial charge is 0.492 e. The highest BCUT2D eigenvalue weighted by Gasteiger charge is 2.17. The number of hydrogen-bond donors (Lipinski definition) is 3. The third kappa shape index (κ3) is 5.40. The van der Waals surface area contributed by atoms with Crippen LogP contribution < -0.4 is 10.1 Å². The van der Waals surface area contributed by atoms with Crippen LogP contribution >= 0.6 is 0 Å². The zero-order valence-electron chi connectivity index (χ0n) is 19.4. The first-order valence-corrected chi connectivity index (χ1v) is 11.5. The van der Waals surface area contributed by atoms with Crippen molar-refractivity contribution < 1.29 is 19.0 Å². The van der Waals surface area contributed by atoms with E-state index in [1.807, 2.05) is 25.1 Å². The van der Waals surface area contributed by atoms with Crippen molar-refractivity contribution >= 4 is 22.5 Å². The number of morpholine rings is 1. The average molecular weight is 479 g/mol. The van der Waals surface area contributed by atoms with Crippen molar-refractivity contribution in [3.05, 3.63) is 59.8 Å². The molecular formula is C25H27FN6O3. The Morgan fingerprint density at radius 2 is 1.94 bits per heavy atom. The number of halogens is 1. The highest BCUT2D eigenvalue weighted by atomic mass is 19.1. The molecule has 0 aliphatic carbocycles. The number of fused-ring (bicyclic) bond motifs is 1. The Bertz CT molecular complexity index is 1300. The molecule has 2 aromatic heterocycles.